The van der Waals surface area contributed by atoms with Gasteiger partial charge in [-0.05, 0) is 31.0 Å². The van der Waals surface area contributed by atoms with Crippen LogP contribution in [-0.2, 0) is 47.3 Å². The molecule has 8 heteroatoms. The standard InChI is InChI=1S/C28H30N2O6/c1-6-16-29-20-15-11-10-14-19(20)22-24(29)23(21(25(31)34-4)26(32)35-5)30(27(33)28(22,2)3)36-17-18-12-8-7-9-13-18/h6-15,21,23H,1,16-17H2,2-5H3. The maximum atomic E-state index is 14.0. The molecule has 2 aromatic carbocycles. The third kappa shape index (κ3) is 4.07. The number of fused-ring (bicyclic) bond motifs is 3. The molecule has 0 saturated carbocycles. The van der Waals surface area contributed by atoms with Gasteiger partial charge in [0.05, 0.1) is 25.3 Å². The van der Waals surface area contributed by atoms with Crippen LogP contribution in [-0.4, -0.2) is 41.7 Å². The maximum absolute atomic E-state index is 14.0. The molecule has 0 fully saturated rings. The number of para-hydroxylation sites is 1. The van der Waals surface area contributed by atoms with E-state index in [9.17, 15) is 14.4 Å². The smallest absolute Gasteiger partial charge is 0.322 e. The van der Waals surface area contributed by atoms with Gasteiger partial charge >= 0.3 is 11.9 Å². The van der Waals surface area contributed by atoms with Crippen molar-refractivity contribution in [3.05, 3.63) is 84.1 Å². The van der Waals surface area contributed by atoms with Crippen LogP contribution in [0.15, 0.2) is 67.3 Å². The molecule has 8 nitrogen and oxygen atoms in total. The zero-order valence-electron chi connectivity index (χ0n) is 20.9. The SMILES string of the molecule is C=CCn1c2c(c3ccccc31)C(C)(C)C(=O)N(OCc1ccccc1)C2C(C(=O)OC)C(=O)OC. The van der Waals surface area contributed by atoms with Crippen molar-refractivity contribution in [1.29, 1.82) is 0 Å². The summed E-state index contributed by atoms with van der Waals surface area (Å²) in [6.45, 7) is 7.98. The van der Waals surface area contributed by atoms with Crippen molar-refractivity contribution in [1.82, 2.24) is 9.63 Å². The van der Waals surface area contributed by atoms with Gasteiger partial charge in [-0.15, -0.1) is 6.58 Å². The number of carbonyl (C=O) groups excluding carboxylic acids is 3. The number of esters is 2. The number of methoxy groups -OCH3 is 2. The lowest BCUT2D eigenvalue weighted by molar-refractivity contribution is -0.226. The summed E-state index contributed by atoms with van der Waals surface area (Å²) >= 11 is 0. The number of carbonyl (C=O) groups is 3. The van der Waals surface area contributed by atoms with Crippen molar-refractivity contribution in [2.45, 2.75) is 38.5 Å². The fraction of sp³-hybridized carbons (Fsp3) is 0.321. The van der Waals surface area contributed by atoms with E-state index in [1.165, 1.54) is 14.2 Å². The van der Waals surface area contributed by atoms with Crippen LogP contribution >= 0.6 is 0 Å². The Balaban J connectivity index is 2.01. The number of hydrogen-bond donors (Lipinski definition) is 0. The molecule has 188 valence electrons. The molecule has 1 amide bonds. The predicted octanol–water partition coefficient (Wildman–Crippen LogP) is 4.08. The minimum absolute atomic E-state index is 0.0608. The van der Waals surface area contributed by atoms with Crippen LogP contribution in [0.25, 0.3) is 10.9 Å². The molecule has 0 spiro atoms. The highest BCUT2D eigenvalue weighted by molar-refractivity contribution is 6.01. The second-order valence-electron chi connectivity index (χ2n) is 9.16. The molecule has 3 aromatic rings. The van der Waals surface area contributed by atoms with Crippen molar-refractivity contribution in [2.75, 3.05) is 14.2 Å². The predicted molar refractivity (Wildman–Crippen MR) is 134 cm³/mol. The number of rotatable bonds is 8. The second kappa shape index (κ2) is 9.99. The minimum atomic E-state index is -1.47. The molecule has 0 aliphatic carbocycles. The number of aromatic nitrogens is 1. The topological polar surface area (TPSA) is 87.1 Å². The van der Waals surface area contributed by atoms with Gasteiger partial charge in [-0.25, -0.2) is 5.06 Å². The van der Waals surface area contributed by atoms with E-state index >= 15 is 0 Å². The molecule has 0 radical (unpaired) electrons. The molecule has 1 aromatic heterocycles. The summed E-state index contributed by atoms with van der Waals surface area (Å²) < 4.78 is 12.0. The lowest BCUT2D eigenvalue weighted by Gasteiger charge is -2.44. The van der Waals surface area contributed by atoms with E-state index in [0.29, 0.717) is 12.2 Å². The van der Waals surface area contributed by atoms with Crippen molar-refractivity contribution < 1.29 is 28.7 Å². The molecule has 2 heterocycles. The summed E-state index contributed by atoms with van der Waals surface area (Å²) in [4.78, 5) is 46.3. The van der Waals surface area contributed by atoms with Gasteiger partial charge in [0.15, 0.2) is 5.92 Å². The zero-order valence-corrected chi connectivity index (χ0v) is 20.9. The quantitative estimate of drug-likeness (QED) is 0.269. The number of hydrogen-bond acceptors (Lipinski definition) is 6. The summed E-state index contributed by atoms with van der Waals surface area (Å²) in [6, 6.07) is 15.9. The van der Waals surface area contributed by atoms with Crippen LogP contribution in [0.4, 0.5) is 0 Å². The highest BCUT2D eigenvalue weighted by Crippen LogP contribution is 2.49. The van der Waals surface area contributed by atoms with Crippen molar-refractivity contribution >= 4 is 28.7 Å². The summed E-state index contributed by atoms with van der Waals surface area (Å²) in [6.07, 6.45) is 1.73. The number of hydroxylamine groups is 2. The van der Waals surface area contributed by atoms with Gasteiger partial charge in [-0.3, -0.25) is 19.2 Å². The van der Waals surface area contributed by atoms with Gasteiger partial charge in [-0.2, -0.15) is 0 Å². The molecule has 1 aliphatic rings. The minimum Gasteiger partial charge on any atom is -0.468 e. The van der Waals surface area contributed by atoms with Crippen LogP contribution in [0.5, 0.6) is 0 Å². The van der Waals surface area contributed by atoms with Crippen LogP contribution < -0.4 is 0 Å². The number of ether oxygens (including phenoxy) is 2. The third-order valence-electron chi connectivity index (χ3n) is 6.65. The van der Waals surface area contributed by atoms with Gasteiger partial charge < -0.3 is 14.0 Å². The molecule has 36 heavy (non-hydrogen) atoms. The number of allylic oxidation sites excluding steroid dienone is 1. The van der Waals surface area contributed by atoms with E-state index in [1.54, 1.807) is 6.08 Å². The van der Waals surface area contributed by atoms with E-state index in [-0.39, 0.29) is 12.5 Å². The Bertz CT molecular complexity index is 1290. The van der Waals surface area contributed by atoms with Gasteiger partial charge in [0.1, 0.15) is 12.6 Å². The first kappa shape index (κ1) is 25.2. The Kier molecular flexibility index (Phi) is 6.99. The molecule has 4 rings (SSSR count). The van der Waals surface area contributed by atoms with E-state index in [0.717, 1.165) is 27.1 Å². The highest BCUT2D eigenvalue weighted by Gasteiger charge is 2.55. The summed E-state index contributed by atoms with van der Waals surface area (Å²) in [5, 5.41) is 2.01. The largest absolute Gasteiger partial charge is 0.468 e. The summed E-state index contributed by atoms with van der Waals surface area (Å²) in [7, 11) is 2.39. The molecule has 1 aliphatic heterocycles. The van der Waals surface area contributed by atoms with Crippen LogP contribution in [0.1, 0.15) is 36.7 Å². The molecule has 0 saturated heterocycles. The van der Waals surface area contributed by atoms with Gasteiger partial charge in [0.2, 0.25) is 0 Å². The molecule has 0 bridgehead atoms. The molecule has 1 atom stereocenters. The zero-order chi connectivity index (χ0) is 26.0. The van der Waals surface area contributed by atoms with Crippen LogP contribution in [0.3, 0.4) is 0 Å². The Morgan fingerprint density at radius 2 is 1.64 bits per heavy atom. The van der Waals surface area contributed by atoms with Crippen molar-refractivity contribution in [3.63, 3.8) is 0 Å². The second-order valence-corrected chi connectivity index (χ2v) is 9.16. The molecule has 1 unspecified atom stereocenters. The Hall–Kier alpha value is -3.91. The van der Waals surface area contributed by atoms with Crippen molar-refractivity contribution in [2.24, 2.45) is 5.92 Å². The number of amides is 1. The van der Waals surface area contributed by atoms with Gasteiger partial charge in [-0.1, -0.05) is 54.6 Å². The van der Waals surface area contributed by atoms with E-state index < -0.39 is 29.3 Å². The molecular formula is C28H30N2O6. The summed E-state index contributed by atoms with van der Waals surface area (Å²) in [5.41, 5.74) is 1.99. The highest BCUT2D eigenvalue weighted by atomic mass is 16.7. The first-order valence-corrected chi connectivity index (χ1v) is 11.7. The normalized spacial score (nSPS) is 16.6. The third-order valence-corrected chi connectivity index (χ3v) is 6.65. The van der Waals surface area contributed by atoms with Gasteiger partial charge in [0.25, 0.3) is 5.91 Å². The monoisotopic (exact) mass is 490 g/mol. The Morgan fingerprint density at radius 3 is 2.25 bits per heavy atom. The lowest BCUT2D eigenvalue weighted by atomic mass is 9.75. The first-order chi connectivity index (χ1) is 17.3. The van der Waals surface area contributed by atoms with E-state index in [4.69, 9.17) is 14.3 Å². The average Bonchev–Trinajstić information content (AvgIpc) is 3.22. The van der Waals surface area contributed by atoms with E-state index in [2.05, 4.69) is 6.58 Å². The van der Waals surface area contributed by atoms with Gasteiger partial charge in [0, 0.05) is 17.4 Å². The lowest BCUT2D eigenvalue weighted by Crippen LogP contribution is -2.54. The van der Waals surface area contributed by atoms with Crippen LogP contribution in [0, 0.1) is 5.92 Å². The number of nitrogens with zero attached hydrogens (tertiary/aromatic N) is 2. The molecular weight excluding hydrogens is 460 g/mol. The van der Waals surface area contributed by atoms with Crippen molar-refractivity contribution in [3.8, 4) is 0 Å². The Morgan fingerprint density at radius 1 is 1.03 bits per heavy atom. The first-order valence-electron chi connectivity index (χ1n) is 11.7. The summed E-state index contributed by atoms with van der Waals surface area (Å²) in [5.74, 6) is -3.50. The number of benzene rings is 2. The fourth-order valence-electron chi connectivity index (χ4n) is 4.99. The maximum Gasteiger partial charge on any atom is 0.322 e. The molecule has 0 N–H and O–H groups in total. The Labute approximate surface area is 210 Å². The average molecular weight is 491 g/mol. The van der Waals surface area contributed by atoms with E-state index in [1.807, 2.05) is 73.0 Å². The fourth-order valence-corrected chi connectivity index (χ4v) is 4.99. The van der Waals surface area contributed by atoms with Crippen LogP contribution in [0.2, 0.25) is 0 Å².